The van der Waals surface area contributed by atoms with E-state index < -0.39 is 0 Å². The second kappa shape index (κ2) is 4.45. The van der Waals surface area contributed by atoms with Crippen LogP contribution in [0, 0.1) is 13.8 Å². The summed E-state index contributed by atoms with van der Waals surface area (Å²) in [6.07, 6.45) is 1.84. The van der Waals surface area contributed by atoms with Crippen molar-refractivity contribution in [2.45, 2.75) is 20.5 Å². The summed E-state index contributed by atoms with van der Waals surface area (Å²) in [5.74, 6) is 0.953. The van der Waals surface area contributed by atoms with Crippen molar-refractivity contribution in [2.24, 2.45) is 0 Å². The minimum atomic E-state index is 0.606. The van der Waals surface area contributed by atoms with E-state index in [0.717, 1.165) is 10.6 Å². The van der Waals surface area contributed by atoms with Crippen LogP contribution in [0.1, 0.15) is 16.0 Å². The average molecular weight is 219 g/mol. The Labute approximate surface area is 93.6 Å². The van der Waals surface area contributed by atoms with E-state index in [-0.39, 0.29) is 0 Å². The third-order valence-electron chi connectivity index (χ3n) is 2.18. The molecule has 0 bridgehead atoms. The minimum absolute atomic E-state index is 0.606. The zero-order valence-electron chi connectivity index (χ0n) is 8.86. The molecule has 0 spiro atoms. The van der Waals surface area contributed by atoms with Crippen molar-refractivity contribution in [2.75, 3.05) is 0 Å². The van der Waals surface area contributed by atoms with Crippen molar-refractivity contribution in [3.8, 4) is 5.75 Å². The number of aromatic nitrogens is 1. The summed E-state index contributed by atoms with van der Waals surface area (Å²) < 4.78 is 5.71. The molecule has 1 aromatic carbocycles. The maximum atomic E-state index is 5.71. The first-order valence-electron chi connectivity index (χ1n) is 4.83. The molecule has 1 heterocycles. The normalized spacial score (nSPS) is 10.3. The predicted molar refractivity (Wildman–Crippen MR) is 62.4 cm³/mol. The van der Waals surface area contributed by atoms with Crippen LogP contribution in [0.5, 0.6) is 5.75 Å². The second-order valence-electron chi connectivity index (χ2n) is 3.53. The lowest BCUT2D eigenvalue weighted by atomic mass is 10.1. The maximum absolute atomic E-state index is 5.71. The number of ether oxygens (including phenoxy) is 1. The molecular formula is C12H13NOS. The van der Waals surface area contributed by atoms with Crippen LogP contribution in [0.3, 0.4) is 0 Å². The summed E-state index contributed by atoms with van der Waals surface area (Å²) in [5.41, 5.74) is 4.26. The minimum Gasteiger partial charge on any atom is -0.488 e. The Morgan fingerprint density at radius 3 is 2.87 bits per heavy atom. The highest BCUT2D eigenvalue weighted by atomic mass is 32.1. The number of aryl methyl sites for hydroxylation is 2. The first-order valence-corrected chi connectivity index (χ1v) is 5.71. The Morgan fingerprint density at radius 2 is 2.20 bits per heavy atom. The van der Waals surface area contributed by atoms with Gasteiger partial charge in [-0.2, -0.15) is 0 Å². The number of rotatable bonds is 3. The van der Waals surface area contributed by atoms with Crippen molar-refractivity contribution in [1.29, 1.82) is 0 Å². The van der Waals surface area contributed by atoms with Gasteiger partial charge in [0.1, 0.15) is 12.4 Å². The van der Waals surface area contributed by atoms with Crippen LogP contribution in [0.15, 0.2) is 29.9 Å². The molecule has 78 valence electrons. The molecule has 0 saturated carbocycles. The van der Waals surface area contributed by atoms with Crippen LogP contribution in [0.25, 0.3) is 0 Å². The van der Waals surface area contributed by atoms with E-state index in [9.17, 15) is 0 Å². The molecule has 0 amide bonds. The Bertz CT molecular complexity index is 437. The molecular weight excluding hydrogens is 206 g/mol. The van der Waals surface area contributed by atoms with Gasteiger partial charge in [0.2, 0.25) is 0 Å². The molecule has 3 heteroatoms. The Hall–Kier alpha value is -1.35. The molecule has 0 radical (unpaired) electrons. The van der Waals surface area contributed by atoms with Crippen LogP contribution in [-0.2, 0) is 6.61 Å². The molecule has 0 saturated heterocycles. The summed E-state index contributed by atoms with van der Waals surface area (Å²) in [7, 11) is 0. The summed E-state index contributed by atoms with van der Waals surface area (Å²) in [6, 6.07) is 6.21. The lowest BCUT2D eigenvalue weighted by molar-refractivity contribution is 0.307. The van der Waals surface area contributed by atoms with Crippen molar-refractivity contribution in [3.63, 3.8) is 0 Å². The van der Waals surface area contributed by atoms with Crippen molar-refractivity contribution >= 4 is 11.3 Å². The fourth-order valence-corrected chi connectivity index (χ4v) is 1.93. The van der Waals surface area contributed by atoms with E-state index >= 15 is 0 Å². The molecule has 15 heavy (non-hydrogen) atoms. The Balaban J connectivity index is 2.05. The standard InChI is InChI=1S/C12H13NOS/c1-9-3-4-12(10(2)5-9)14-7-11-6-13-8-15-11/h3-6,8H,7H2,1-2H3. The number of hydrogen-bond donors (Lipinski definition) is 0. The monoisotopic (exact) mass is 219 g/mol. The zero-order chi connectivity index (χ0) is 10.7. The molecule has 2 aromatic rings. The van der Waals surface area contributed by atoms with Crippen LogP contribution in [0.4, 0.5) is 0 Å². The van der Waals surface area contributed by atoms with E-state index in [2.05, 4.69) is 31.0 Å². The highest BCUT2D eigenvalue weighted by Gasteiger charge is 2.00. The number of benzene rings is 1. The SMILES string of the molecule is Cc1ccc(OCc2cncs2)c(C)c1. The van der Waals surface area contributed by atoms with Gasteiger partial charge in [-0.25, -0.2) is 0 Å². The molecule has 0 N–H and O–H groups in total. The largest absolute Gasteiger partial charge is 0.488 e. The van der Waals surface area contributed by atoms with E-state index in [0.29, 0.717) is 6.61 Å². The van der Waals surface area contributed by atoms with Gasteiger partial charge in [-0.1, -0.05) is 17.7 Å². The summed E-state index contributed by atoms with van der Waals surface area (Å²) in [5, 5.41) is 0. The van der Waals surface area contributed by atoms with Crippen LogP contribution >= 0.6 is 11.3 Å². The van der Waals surface area contributed by atoms with Gasteiger partial charge in [-0.15, -0.1) is 11.3 Å². The van der Waals surface area contributed by atoms with Gasteiger partial charge < -0.3 is 4.74 Å². The van der Waals surface area contributed by atoms with Gasteiger partial charge in [-0.05, 0) is 25.5 Å². The molecule has 2 nitrogen and oxygen atoms in total. The van der Waals surface area contributed by atoms with Crippen molar-refractivity contribution in [3.05, 3.63) is 45.9 Å². The quantitative estimate of drug-likeness (QED) is 0.790. The van der Waals surface area contributed by atoms with Crippen LogP contribution in [0.2, 0.25) is 0 Å². The molecule has 1 aromatic heterocycles. The first-order chi connectivity index (χ1) is 7.25. The fraction of sp³-hybridized carbons (Fsp3) is 0.250. The van der Waals surface area contributed by atoms with Crippen LogP contribution < -0.4 is 4.74 Å². The van der Waals surface area contributed by atoms with Gasteiger partial charge in [0.15, 0.2) is 0 Å². The lowest BCUT2D eigenvalue weighted by Crippen LogP contribution is -1.95. The molecule has 0 atom stereocenters. The summed E-state index contributed by atoms with van der Waals surface area (Å²) in [4.78, 5) is 5.16. The summed E-state index contributed by atoms with van der Waals surface area (Å²) in [6.45, 7) is 4.75. The second-order valence-corrected chi connectivity index (χ2v) is 4.50. The Morgan fingerprint density at radius 1 is 1.33 bits per heavy atom. The first kappa shape index (κ1) is 10.2. The number of hydrogen-bond acceptors (Lipinski definition) is 3. The highest BCUT2D eigenvalue weighted by molar-refractivity contribution is 7.09. The Kier molecular flexibility index (Phi) is 3.02. The lowest BCUT2D eigenvalue weighted by Gasteiger charge is -2.08. The van der Waals surface area contributed by atoms with E-state index in [4.69, 9.17) is 4.74 Å². The van der Waals surface area contributed by atoms with E-state index in [1.807, 2.05) is 17.8 Å². The average Bonchev–Trinajstić information content (AvgIpc) is 2.69. The van der Waals surface area contributed by atoms with Gasteiger partial charge >= 0.3 is 0 Å². The van der Waals surface area contributed by atoms with Gasteiger partial charge in [-0.3, -0.25) is 4.98 Å². The van der Waals surface area contributed by atoms with E-state index in [1.165, 1.54) is 11.1 Å². The molecule has 0 aliphatic carbocycles. The van der Waals surface area contributed by atoms with Gasteiger partial charge in [0, 0.05) is 6.20 Å². The zero-order valence-corrected chi connectivity index (χ0v) is 9.67. The fourth-order valence-electron chi connectivity index (χ4n) is 1.42. The summed E-state index contributed by atoms with van der Waals surface area (Å²) >= 11 is 1.62. The number of thiazole rings is 1. The topological polar surface area (TPSA) is 22.1 Å². The smallest absolute Gasteiger partial charge is 0.124 e. The molecule has 0 fully saturated rings. The third kappa shape index (κ3) is 2.57. The molecule has 2 rings (SSSR count). The van der Waals surface area contributed by atoms with Gasteiger partial charge in [0.05, 0.1) is 10.4 Å². The van der Waals surface area contributed by atoms with Gasteiger partial charge in [0.25, 0.3) is 0 Å². The molecule has 0 aliphatic rings. The van der Waals surface area contributed by atoms with E-state index in [1.54, 1.807) is 11.3 Å². The van der Waals surface area contributed by atoms with Crippen molar-refractivity contribution < 1.29 is 4.74 Å². The maximum Gasteiger partial charge on any atom is 0.124 e. The molecule has 0 aliphatic heterocycles. The predicted octanol–water partition coefficient (Wildman–Crippen LogP) is 3.34. The highest BCUT2D eigenvalue weighted by Crippen LogP contribution is 2.20. The van der Waals surface area contributed by atoms with Crippen LogP contribution in [-0.4, -0.2) is 4.98 Å². The van der Waals surface area contributed by atoms with Crippen molar-refractivity contribution in [1.82, 2.24) is 4.98 Å². The molecule has 0 unspecified atom stereocenters. The third-order valence-corrected chi connectivity index (χ3v) is 2.94. The number of nitrogens with zero attached hydrogens (tertiary/aromatic N) is 1.